The minimum Gasteiger partial charge on any atom is -0.490 e. The number of hydrogen-bond acceptors (Lipinski definition) is 5. The number of hydrogen-bond donors (Lipinski definition) is 1. The smallest absolute Gasteiger partial charge is 0.234 e. The summed E-state index contributed by atoms with van der Waals surface area (Å²) in [6, 6.07) is 5.99. The Morgan fingerprint density at radius 2 is 1.69 bits per heavy atom. The van der Waals surface area contributed by atoms with Gasteiger partial charge < -0.3 is 19.5 Å². The highest BCUT2D eigenvalue weighted by atomic mass is 16.5. The fourth-order valence-corrected chi connectivity index (χ4v) is 5.11. The van der Waals surface area contributed by atoms with Gasteiger partial charge in [0.25, 0.3) is 0 Å². The molecule has 178 valence electrons. The number of carbonyl (C=O) groups is 1. The summed E-state index contributed by atoms with van der Waals surface area (Å²) in [5.74, 6) is 1.93. The second-order valence-electron chi connectivity index (χ2n) is 9.92. The van der Waals surface area contributed by atoms with E-state index in [0.717, 1.165) is 49.4 Å². The van der Waals surface area contributed by atoms with Crippen molar-refractivity contribution in [3.8, 4) is 11.5 Å². The second-order valence-corrected chi connectivity index (χ2v) is 9.92. The Morgan fingerprint density at radius 1 is 1.00 bits per heavy atom. The van der Waals surface area contributed by atoms with Gasteiger partial charge in [0.2, 0.25) is 5.91 Å². The third-order valence-electron chi connectivity index (χ3n) is 6.95. The third kappa shape index (κ3) is 6.38. The molecule has 1 saturated carbocycles. The number of carbonyl (C=O) groups excluding carboxylic acids is 1. The molecule has 1 amide bonds. The van der Waals surface area contributed by atoms with E-state index in [0.29, 0.717) is 32.0 Å². The first-order chi connectivity index (χ1) is 15.6. The molecule has 6 nitrogen and oxygen atoms in total. The topological polar surface area (TPSA) is 60.0 Å². The largest absolute Gasteiger partial charge is 0.490 e. The molecule has 2 heterocycles. The van der Waals surface area contributed by atoms with E-state index in [1.54, 1.807) is 0 Å². The van der Waals surface area contributed by atoms with Gasteiger partial charge >= 0.3 is 0 Å². The maximum atomic E-state index is 12.9. The Bertz CT molecular complexity index is 739. The van der Waals surface area contributed by atoms with Crippen LogP contribution in [0.25, 0.3) is 0 Å². The molecule has 0 aromatic heterocycles. The summed E-state index contributed by atoms with van der Waals surface area (Å²) in [7, 11) is 0. The highest BCUT2D eigenvalue weighted by molar-refractivity contribution is 5.78. The zero-order valence-electron chi connectivity index (χ0n) is 19.8. The van der Waals surface area contributed by atoms with E-state index < -0.39 is 0 Å². The molecule has 2 fully saturated rings. The highest BCUT2D eigenvalue weighted by Crippen LogP contribution is 2.34. The van der Waals surface area contributed by atoms with Gasteiger partial charge in [0.05, 0.1) is 38.0 Å². The summed E-state index contributed by atoms with van der Waals surface area (Å²) in [6.45, 7) is 7.94. The van der Waals surface area contributed by atoms with Gasteiger partial charge in [0, 0.05) is 19.5 Å². The van der Waals surface area contributed by atoms with E-state index in [-0.39, 0.29) is 17.9 Å². The fraction of sp³-hybridized carbons (Fsp3) is 0.731. The summed E-state index contributed by atoms with van der Waals surface area (Å²) in [5.41, 5.74) is 1.07. The molecule has 4 rings (SSSR count). The Hall–Kier alpha value is -1.79. The van der Waals surface area contributed by atoms with Crippen LogP contribution in [0.2, 0.25) is 0 Å². The van der Waals surface area contributed by atoms with Gasteiger partial charge in [-0.2, -0.15) is 0 Å². The maximum absolute atomic E-state index is 12.9. The van der Waals surface area contributed by atoms with Gasteiger partial charge in [-0.1, -0.05) is 39.2 Å². The van der Waals surface area contributed by atoms with Gasteiger partial charge in [-0.25, -0.2) is 0 Å². The van der Waals surface area contributed by atoms with Gasteiger partial charge in [0.1, 0.15) is 0 Å². The molecular formula is C26H40N2O4. The molecule has 3 aliphatic rings. The van der Waals surface area contributed by atoms with Crippen LogP contribution in [0.15, 0.2) is 18.2 Å². The van der Waals surface area contributed by atoms with Crippen molar-refractivity contribution >= 4 is 5.91 Å². The predicted octanol–water partition coefficient (Wildman–Crippen LogP) is 4.47. The first-order valence-electron chi connectivity index (χ1n) is 12.6. The lowest BCUT2D eigenvalue weighted by Gasteiger charge is -2.35. The van der Waals surface area contributed by atoms with Crippen LogP contribution in [-0.2, 0) is 9.53 Å². The molecule has 1 unspecified atom stereocenters. The SMILES string of the molecule is CC(C)C(NC(=O)CN1CCC(OC2CCCCC2)CC1)c1ccc2c(c1)OCCCO2. The average Bonchev–Trinajstić information content (AvgIpc) is 3.04. The van der Waals surface area contributed by atoms with Crippen molar-refractivity contribution in [1.82, 2.24) is 10.2 Å². The van der Waals surface area contributed by atoms with Gasteiger partial charge in [-0.05, 0) is 49.3 Å². The molecular weight excluding hydrogens is 404 g/mol. The number of piperidine rings is 1. The summed E-state index contributed by atoms with van der Waals surface area (Å²) < 4.78 is 17.9. The minimum absolute atomic E-state index is 0.0492. The molecule has 0 spiro atoms. The van der Waals surface area contributed by atoms with Crippen LogP contribution in [-0.4, -0.2) is 55.9 Å². The van der Waals surface area contributed by atoms with Gasteiger partial charge in [-0.3, -0.25) is 9.69 Å². The van der Waals surface area contributed by atoms with Crippen LogP contribution in [0.1, 0.15) is 76.8 Å². The Morgan fingerprint density at radius 3 is 2.41 bits per heavy atom. The Labute approximate surface area is 193 Å². The second kappa shape index (κ2) is 11.4. The monoisotopic (exact) mass is 444 g/mol. The molecule has 0 bridgehead atoms. The molecule has 2 aliphatic heterocycles. The molecule has 1 aliphatic carbocycles. The fourth-order valence-electron chi connectivity index (χ4n) is 5.11. The number of fused-ring (bicyclic) bond motifs is 1. The van der Waals surface area contributed by atoms with Crippen LogP contribution in [0.5, 0.6) is 11.5 Å². The highest BCUT2D eigenvalue weighted by Gasteiger charge is 2.26. The summed E-state index contributed by atoms with van der Waals surface area (Å²) in [4.78, 5) is 15.2. The van der Waals surface area contributed by atoms with E-state index in [2.05, 4.69) is 24.1 Å². The van der Waals surface area contributed by atoms with Crippen LogP contribution in [0.3, 0.4) is 0 Å². The molecule has 1 aromatic rings. The predicted molar refractivity (Wildman–Crippen MR) is 125 cm³/mol. The first-order valence-corrected chi connectivity index (χ1v) is 12.6. The third-order valence-corrected chi connectivity index (χ3v) is 6.95. The number of likely N-dealkylation sites (tertiary alicyclic amines) is 1. The number of ether oxygens (including phenoxy) is 3. The molecule has 1 aromatic carbocycles. The van der Waals surface area contributed by atoms with Crippen molar-refractivity contribution in [2.45, 2.75) is 83.5 Å². The maximum Gasteiger partial charge on any atom is 0.234 e. The Kier molecular flexibility index (Phi) is 8.31. The van der Waals surface area contributed by atoms with Crippen molar-refractivity contribution in [3.63, 3.8) is 0 Å². The van der Waals surface area contributed by atoms with Crippen molar-refractivity contribution in [1.29, 1.82) is 0 Å². The minimum atomic E-state index is -0.0492. The van der Waals surface area contributed by atoms with E-state index in [1.165, 1.54) is 32.1 Å². The zero-order chi connectivity index (χ0) is 22.3. The van der Waals surface area contributed by atoms with Gasteiger partial charge in [0.15, 0.2) is 11.5 Å². The summed E-state index contributed by atoms with van der Waals surface area (Å²) >= 11 is 0. The molecule has 1 N–H and O–H groups in total. The van der Waals surface area contributed by atoms with Crippen molar-refractivity contribution < 1.29 is 19.0 Å². The van der Waals surface area contributed by atoms with Crippen molar-refractivity contribution in [2.24, 2.45) is 5.92 Å². The average molecular weight is 445 g/mol. The van der Waals surface area contributed by atoms with Crippen molar-refractivity contribution in [2.75, 3.05) is 32.8 Å². The van der Waals surface area contributed by atoms with Crippen LogP contribution < -0.4 is 14.8 Å². The first kappa shape index (κ1) is 23.4. The van der Waals surface area contributed by atoms with Crippen LogP contribution in [0.4, 0.5) is 0 Å². The summed E-state index contributed by atoms with van der Waals surface area (Å²) in [5, 5.41) is 3.27. The lowest BCUT2D eigenvalue weighted by Crippen LogP contribution is -2.45. The Balaban J connectivity index is 1.27. The van der Waals surface area contributed by atoms with E-state index in [1.807, 2.05) is 18.2 Å². The quantitative estimate of drug-likeness (QED) is 0.672. The van der Waals surface area contributed by atoms with E-state index >= 15 is 0 Å². The lowest BCUT2D eigenvalue weighted by atomic mass is 9.95. The lowest BCUT2D eigenvalue weighted by molar-refractivity contribution is -0.124. The molecule has 32 heavy (non-hydrogen) atoms. The van der Waals surface area contributed by atoms with Crippen LogP contribution >= 0.6 is 0 Å². The number of nitrogens with zero attached hydrogens (tertiary/aromatic N) is 1. The standard InChI is InChI=1S/C26H40N2O4/c1-19(2)26(20-9-10-23-24(17-20)31-16-6-15-30-23)27-25(29)18-28-13-11-22(12-14-28)32-21-7-4-3-5-8-21/h9-10,17,19,21-22,26H,3-8,11-16,18H2,1-2H3,(H,27,29). The number of nitrogens with one attached hydrogen (secondary N) is 1. The molecule has 6 heteroatoms. The van der Waals surface area contributed by atoms with E-state index in [4.69, 9.17) is 14.2 Å². The van der Waals surface area contributed by atoms with Crippen LogP contribution in [0, 0.1) is 5.92 Å². The number of benzene rings is 1. The summed E-state index contributed by atoms with van der Waals surface area (Å²) in [6.07, 6.45) is 10.2. The number of amides is 1. The molecule has 1 atom stereocenters. The zero-order valence-corrected chi connectivity index (χ0v) is 19.8. The normalized spacial score (nSPS) is 21.8. The number of rotatable bonds is 7. The van der Waals surface area contributed by atoms with E-state index in [9.17, 15) is 4.79 Å². The molecule has 0 radical (unpaired) electrons. The van der Waals surface area contributed by atoms with Crippen molar-refractivity contribution in [3.05, 3.63) is 23.8 Å². The molecule has 1 saturated heterocycles. The van der Waals surface area contributed by atoms with Gasteiger partial charge in [-0.15, -0.1) is 0 Å².